The van der Waals surface area contributed by atoms with E-state index in [0.29, 0.717) is 22.4 Å². The molecule has 156 valence electrons. The molecule has 1 atom stereocenters. The minimum atomic E-state index is -0.619. The highest BCUT2D eigenvalue weighted by molar-refractivity contribution is 7.99. The van der Waals surface area contributed by atoms with Crippen LogP contribution < -0.4 is 15.8 Å². The minimum Gasteiger partial charge on any atom is -0.483 e. The molecule has 0 aliphatic heterocycles. The normalized spacial score (nSPS) is 11.7. The average Bonchev–Trinajstić information content (AvgIpc) is 3.09. The molecule has 2 aromatic carbocycles. The van der Waals surface area contributed by atoms with Gasteiger partial charge in [0.25, 0.3) is 5.91 Å². The number of ether oxygens (including phenoxy) is 1. The molecule has 3 aromatic rings. The SMILES string of the molecule is CC(Oc1ccc(F)cc1)c1nnc(SCC(=O)Nc2ccccc2C(N)=O)n1C. The van der Waals surface area contributed by atoms with Gasteiger partial charge in [-0.25, -0.2) is 4.39 Å². The number of carbonyl (C=O) groups is 2. The fraction of sp³-hybridized carbons (Fsp3) is 0.200. The number of thioether (sulfide) groups is 1. The summed E-state index contributed by atoms with van der Waals surface area (Å²) < 4.78 is 20.5. The number of nitrogens with zero attached hydrogens (tertiary/aromatic N) is 3. The van der Waals surface area contributed by atoms with Gasteiger partial charge in [0.1, 0.15) is 11.6 Å². The van der Waals surface area contributed by atoms with Crippen LogP contribution in [0.25, 0.3) is 0 Å². The van der Waals surface area contributed by atoms with E-state index in [4.69, 9.17) is 10.5 Å². The summed E-state index contributed by atoms with van der Waals surface area (Å²) in [6, 6.07) is 12.2. The summed E-state index contributed by atoms with van der Waals surface area (Å²) in [5.41, 5.74) is 5.92. The molecule has 3 rings (SSSR count). The number of benzene rings is 2. The fourth-order valence-corrected chi connectivity index (χ4v) is 3.42. The van der Waals surface area contributed by atoms with Crippen molar-refractivity contribution in [1.29, 1.82) is 0 Å². The Morgan fingerprint density at radius 1 is 1.20 bits per heavy atom. The maximum atomic E-state index is 13.0. The summed E-state index contributed by atoms with van der Waals surface area (Å²) in [5.74, 6) is -0.147. The Bertz CT molecular complexity index is 1050. The average molecular weight is 429 g/mol. The van der Waals surface area contributed by atoms with E-state index in [1.807, 2.05) is 0 Å². The predicted molar refractivity (Wildman–Crippen MR) is 111 cm³/mol. The number of anilines is 1. The van der Waals surface area contributed by atoms with Crippen molar-refractivity contribution < 1.29 is 18.7 Å². The van der Waals surface area contributed by atoms with Crippen LogP contribution in [0.15, 0.2) is 53.7 Å². The summed E-state index contributed by atoms with van der Waals surface area (Å²) in [7, 11) is 1.77. The molecular formula is C20H20FN5O3S. The molecular weight excluding hydrogens is 409 g/mol. The highest BCUT2D eigenvalue weighted by Gasteiger charge is 2.18. The molecule has 0 saturated carbocycles. The molecule has 3 N–H and O–H groups in total. The monoisotopic (exact) mass is 429 g/mol. The van der Waals surface area contributed by atoms with Gasteiger partial charge in [0, 0.05) is 7.05 Å². The second-order valence-corrected chi connectivity index (χ2v) is 7.30. The maximum Gasteiger partial charge on any atom is 0.250 e. The first-order valence-electron chi connectivity index (χ1n) is 8.98. The van der Waals surface area contributed by atoms with Crippen molar-refractivity contribution >= 4 is 29.3 Å². The van der Waals surface area contributed by atoms with Crippen LogP contribution in [0.3, 0.4) is 0 Å². The standard InChI is InChI=1S/C20H20FN5O3S/c1-12(29-14-9-7-13(21)8-10-14)19-24-25-20(26(19)2)30-11-17(27)23-16-6-4-3-5-15(16)18(22)28/h3-10,12H,11H2,1-2H3,(H2,22,28)(H,23,27). The van der Waals surface area contributed by atoms with Gasteiger partial charge in [-0.2, -0.15) is 0 Å². The highest BCUT2D eigenvalue weighted by atomic mass is 32.2. The molecule has 0 aliphatic rings. The number of hydrogen-bond donors (Lipinski definition) is 2. The molecule has 0 spiro atoms. The topological polar surface area (TPSA) is 112 Å². The lowest BCUT2D eigenvalue weighted by Gasteiger charge is -2.14. The number of nitrogens with one attached hydrogen (secondary N) is 1. The van der Waals surface area contributed by atoms with Crippen molar-refractivity contribution in [3.8, 4) is 5.75 Å². The van der Waals surface area contributed by atoms with Crippen molar-refractivity contribution in [2.45, 2.75) is 18.2 Å². The summed E-state index contributed by atoms with van der Waals surface area (Å²) in [4.78, 5) is 23.7. The molecule has 8 nitrogen and oxygen atoms in total. The molecule has 10 heteroatoms. The molecule has 30 heavy (non-hydrogen) atoms. The van der Waals surface area contributed by atoms with Gasteiger partial charge >= 0.3 is 0 Å². The Morgan fingerprint density at radius 2 is 1.90 bits per heavy atom. The van der Waals surface area contributed by atoms with Crippen LogP contribution >= 0.6 is 11.8 Å². The van der Waals surface area contributed by atoms with E-state index in [1.165, 1.54) is 36.0 Å². The second-order valence-electron chi connectivity index (χ2n) is 6.36. The smallest absolute Gasteiger partial charge is 0.250 e. The van der Waals surface area contributed by atoms with Gasteiger partial charge in [0.15, 0.2) is 17.1 Å². The van der Waals surface area contributed by atoms with Crippen LogP contribution in [-0.4, -0.2) is 32.3 Å². The van der Waals surface area contributed by atoms with Gasteiger partial charge in [-0.1, -0.05) is 23.9 Å². The Balaban J connectivity index is 1.60. The molecule has 1 unspecified atom stereocenters. The molecule has 1 heterocycles. The Morgan fingerprint density at radius 3 is 2.60 bits per heavy atom. The van der Waals surface area contributed by atoms with Gasteiger partial charge in [-0.05, 0) is 43.3 Å². The Labute approximate surface area is 176 Å². The zero-order valence-corrected chi connectivity index (χ0v) is 17.1. The Hall–Kier alpha value is -3.40. The first kappa shape index (κ1) is 21.3. The van der Waals surface area contributed by atoms with Crippen LogP contribution in [0, 0.1) is 5.82 Å². The van der Waals surface area contributed by atoms with E-state index < -0.39 is 12.0 Å². The number of nitrogens with two attached hydrogens (primary N) is 1. The second kappa shape index (κ2) is 9.40. The van der Waals surface area contributed by atoms with E-state index in [0.717, 1.165) is 0 Å². The van der Waals surface area contributed by atoms with Gasteiger partial charge in [-0.3, -0.25) is 9.59 Å². The first-order chi connectivity index (χ1) is 14.3. The van der Waals surface area contributed by atoms with Crippen LogP contribution in [-0.2, 0) is 11.8 Å². The third-order valence-electron chi connectivity index (χ3n) is 4.16. The lowest BCUT2D eigenvalue weighted by molar-refractivity contribution is -0.113. The predicted octanol–water partition coefficient (Wildman–Crippen LogP) is 2.92. The molecule has 0 radical (unpaired) electrons. The summed E-state index contributed by atoms with van der Waals surface area (Å²) in [6.45, 7) is 1.80. The number of amides is 2. The van der Waals surface area contributed by atoms with Crippen LogP contribution in [0.5, 0.6) is 5.75 Å². The minimum absolute atomic E-state index is 0.0618. The van der Waals surface area contributed by atoms with Crippen molar-refractivity contribution in [1.82, 2.24) is 14.8 Å². The quantitative estimate of drug-likeness (QED) is 0.533. The summed E-state index contributed by atoms with van der Waals surface area (Å²) in [6.07, 6.45) is -0.432. The zero-order valence-electron chi connectivity index (χ0n) is 16.3. The van der Waals surface area contributed by atoms with Gasteiger partial charge < -0.3 is 20.4 Å². The van der Waals surface area contributed by atoms with E-state index in [-0.39, 0.29) is 23.0 Å². The van der Waals surface area contributed by atoms with E-state index in [9.17, 15) is 14.0 Å². The summed E-state index contributed by atoms with van der Waals surface area (Å²) in [5, 5.41) is 11.4. The first-order valence-corrected chi connectivity index (χ1v) is 9.96. The molecule has 0 fully saturated rings. The molecule has 2 amide bonds. The molecule has 0 saturated heterocycles. The number of rotatable bonds is 8. The largest absolute Gasteiger partial charge is 0.483 e. The summed E-state index contributed by atoms with van der Waals surface area (Å²) >= 11 is 1.19. The van der Waals surface area contributed by atoms with Crippen LogP contribution in [0.4, 0.5) is 10.1 Å². The molecule has 0 bridgehead atoms. The van der Waals surface area contributed by atoms with Crippen molar-refractivity contribution in [2.75, 3.05) is 11.1 Å². The number of para-hydroxylation sites is 1. The Kier molecular flexibility index (Phi) is 6.68. The maximum absolute atomic E-state index is 13.0. The fourth-order valence-electron chi connectivity index (χ4n) is 2.70. The zero-order chi connectivity index (χ0) is 21.7. The van der Waals surface area contributed by atoms with Crippen molar-refractivity contribution in [2.24, 2.45) is 12.8 Å². The number of halogens is 1. The van der Waals surface area contributed by atoms with E-state index >= 15 is 0 Å². The van der Waals surface area contributed by atoms with Gasteiger partial charge in [0.05, 0.1) is 17.0 Å². The van der Waals surface area contributed by atoms with Crippen molar-refractivity contribution in [3.63, 3.8) is 0 Å². The number of primary amides is 1. The molecule has 1 aromatic heterocycles. The number of hydrogen-bond acceptors (Lipinski definition) is 6. The lowest BCUT2D eigenvalue weighted by atomic mass is 10.1. The molecule has 0 aliphatic carbocycles. The van der Waals surface area contributed by atoms with E-state index in [1.54, 1.807) is 42.8 Å². The van der Waals surface area contributed by atoms with Gasteiger partial charge in [0.2, 0.25) is 5.91 Å². The van der Waals surface area contributed by atoms with Crippen molar-refractivity contribution in [3.05, 3.63) is 65.7 Å². The van der Waals surface area contributed by atoms with Crippen LogP contribution in [0.1, 0.15) is 29.2 Å². The van der Waals surface area contributed by atoms with Crippen LogP contribution in [0.2, 0.25) is 0 Å². The lowest BCUT2D eigenvalue weighted by Crippen LogP contribution is -2.19. The number of aromatic nitrogens is 3. The third kappa shape index (κ3) is 5.15. The third-order valence-corrected chi connectivity index (χ3v) is 5.18. The van der Waals surface area contributed by atoms with E-state index in [2.05, 4.69) is 15.5 Å². The number of carbonyl (C=O) groups excluding carboxylic acids is 2. The van der Waals surface area contributed by atoms with Gasteiger partial charge in [-0.15, -0.1) is 10.2 Å². The highest BCUT2D eigenvalue weighted by Crippen LogP contribution is 2.24.